The maximum atomic E-state index is 13.6. The van der Waals surface area contributed by atoms with Gasteiger partial charge in [-0.25, -0.2) is 4.79 Å². The molecule has 0 spiro atoms. The molecule has 2 amide bonds. The average Bonchev–Trinajstić information content (AvgIpc) is 3.23. The Morgan fingerprint density at radius 3 is 2.18 bits per heavy atom. The van der Waals surface area contributed by atoms with E-state index in [1.54, 1.807) is 40.0 Å². The van der Waals surface area contributed by atoms with Crippen LogP contribution in [-0.2, 0) is 21.9 Å². The predicted octanol–water partition coefficient (Wildman–Crippen LogP) is 8.86. The number of carbonyl (C=O) groups excluding carboxylic acids is 2. The molecule has 2 aliphatic rings. The number of halogens is 6. The number of amides is 2. The first-order chi connectivity index (χ1) is 20.7. The van der Waals surface area contributed by atoms with Gasteiger partial charge < -0.3 is 14.4 Å². The predicted molar refractivity (Wildman–Crippen MR) is 157 cm³/mol. The normalized spacial score (nSPS) is 20.5. The number of rotatable bonds is 7. The number of alkyl halides is 6. The molecule has 45 heavy (non-hydrogen) atoms. The third-order valence-electron chi connectivity index (χ3n) is 8.49. The van der Waals surface area contributed by atoms with Crippen LogP contribution in [0.25, 0.3) is 5.57 Å². The molecule has 0 bridgehead atoms. The molecule has 0 saturated carbocycles. The van der Waals surface area contributed by atoms with Crippen LogP contribution >= 0.6 is 0 Å². The number of anilines is 1. The van der Waals surface area contributed by atoms with Gasteiger partial charge in [-0.1, -0.05) is 13.8 Å². The number of ether oxygens (including phenoxy) is 2. The van der Waals surface area contributed by atoms with E-state index < -0.39 is 41.7 Å². The summed E-state index contributed by atoms with van der Waals surface area (Å²) < 4.78 is 92.5. The maximum Gasteiger partial charge on any atom is 0.416 e. The van der Waals surface area contributed by atoms with E-state index in [0.29, 0.717) is 42.3 Å². The van der Waals surface area contributed by atoms with Crippen molar-refractivity contribution in [1.29, 1.82) is 0 Å². The number of nitrogens with zero attached hydrogens (tertiary/aromatic N) is 2. The van der Waals surface area contributed by atoms with Gasteiger partial charge >= 0.3 is 18.4 Å². The summed E-state index contributed by atoms with van der Waals surface area (Å²) in [5.74, 6) is 1.00. The molecule has 1 fully saturated rings. The Bertz CT molecular complexity index is 1460. The molecule has 12 heteroatoms. The molecule has 1 heterocycles. The van der Waals surface area contributed by atoms with Gasteiger partial charge in [0.1, 0.15) is 11.9 Å². The Hall–Kier alpha value is -3.70. The highest BCUT2D eigenvalue weighted by atomic mass is 19.4. The molecule has 0 aromatic heterocycles. The van der Waals surface area contributed by atoms with Crippen LogP contribution in [-0.4, -0.2) is 43.6 Å². The van der Waals surface area contributed by atoms with Gasteiger partial charge in [0.2, 0.25) is 5.91 Å². The number of allylic oxidation sites excluding steroid dienone is 1. The van der Waals surface area contributed by atoms with Gasteiger partial charge in [0, 0.05) is 24.8 Å². The zero-order valence-corrected chi connectivity index (χ0v) is 26.2. The molecule has 6 nitrogen and oxygen atoms in total. The lowest BCUT2D eigenvalue weighted by Crippen LogP contribution is -2.35. The first kappa shape index (κ1) is 34.2. The topological polar surface area (TPSA) is 59.1 Å². The second-order valence-electron chi connectivity index (χ2n) is 12.7. The summed E-state index contributed by atoms with van der Waals surface area (Å²) in [4.78, 5) is 28.8. The fourth-order valence-corrected chi connectivity index (χ4v) is 5.99. The Kier molecular flexibility index (Phi) is 9.30. The van der Waals surface area contributed by atoms with Gasteiger partial charge in [-0.15, -0.1) is 0 Å². The van der Waals surface area contributed by atoms with Crippen molar-refractivity contribution < 1.29 is 45.4 Å². The number of methoxy groups -OCH3 is 1. The second kappa shape index (κ2) is 12.2. The molecule has 2 aromatic carbocycles. The smallest absolute Gasteiger partial charge is 0.416 e. The number of hydrogen-bond acceptors (Lipinski definition) is 4. The van der Waals surface area contributed by atoms with E-state index in [9.17, 15) is 35.9 Å². The minimum Gasteiger partial charge on any atom is -0.496 e. The van der Waals surface area contributed by atoms with Crippen LogP contribution in [0.3, 0.4) is 0 Å². The van der Waals surface area contributed by atoms with Gasteiger partial charge in [-0.3, -0.25) is 9.69 Å². The molecular formula is C33H37F6N2O4. The van der Waals surface area contributed by atoms with Gasteiger partial charge in [-0.2, -0.15) is 26.3 Å². The summed E-state index contributed by atoms with van der Waals surface area (Å²) in [6.07, 6.45) is -10.3. The molecule has 0 N–H and O–H groups in total. The molecule has 2 atom stereocenters. The van der Waals surface area contributed by atoms with Crippen LogP contribution in [0.1, 0.15) is 82.2 Å². The Morgan fingerprint density at radius 1 is 1.04 bits per heavy atom. The van der Waals surface area contributed by atoms with E-state index in [1.165, 1.54) is 16.9 Å². The van der Waals surface area contributed by atoms with Crippen molar-refractivity contribution in [1.82, 2.24) is 4.90 Å². The summed E-state index contributed by atoms with van der Waals surface area (Å²) >= 11 is 0. The summed E-state index contributed by atoms with van der Waals surface area (Å²) in [7, 11) is 3.19. The number of hydrogen-bond donors (Lipinski definition) is 0. The molecule has 1 aliphatic heterocycles. The lowest BCUT2D eigenvalue weighted by Gasteiger charge is -2.36. The van der Waals surface area contributed by atoms with Crippen LogP contribution in [0.2, 0.25) is 0 Å². The lowest BCUT2D eigenvalue weighted by atomic mass is 9.72. The summed E-state index contributed by atoms with van der Waals surface area (Å²) in [6, 6.07) is 5.76. The van der Waals surface area contributed by atoms with E-state index in [1.807, 2.05) is 6.07 Å². The van der Waals surface area contributed by atoms with Crippen LogP contribution in [0.5, 0.6) is 5.75 Å². The largest absolute Gasteiger partial charge is 0.496 e. The first-order valence-electron chi connectivity index (χ1n) is 14.5. The van der Waals surface area contributed by atoms with Crippen molar-refractivity contribution in [3.05, 3.63) is 70.1 Å². The first-order valence-corrected chi connectivity index (χ1v) is 14.5. The van der Waals surface area contributed by atoms with Crippen molar-refractivity contribution in [3.8, 4) is 5.75 Å². The molecule has 245 valence electrons. The fraction of sp³-hybridized carbons (Fsp3) is 0.485. The molecule has 1 radical (unpaired) electrons. The third kappa shape index (κ3) is 7.25. The molecule has 4 rings (SSSR count). The minimum atomic E-state index is -5.03. The average molecular weight is 640 g/mol. The molecule has 1 saturated heterocycles. The zero-order chi connectivity index (χ0) is 33.6. The lowest BCUT2D eigenvalue weighted by molar-refractivity contribution is -0.143. The Labute approximate surface area is 259 Å². The molecular weight excluding hydrogens is 602 g/mol. The van der Waals surface area contributed by atoms with Crippen molar-refractivity contribution in [2.24, 2.45) is 5.41 Å². The van der Waals surface area contributed by atoms with Crippen LogP contribution in [0, 0.1) is 11.3 Å². The van der Waals surface area contributed by atoms with Crippen LogP contribution in [0.4, 0.5) is 36.8 Å². The SMILES string of the molecule is COc1ccc(N(C)C(=O)[C](C)C)cc1C1=C(CN2C(=O)O[C@H](c3cc(C(F)(F)F)cc(C(F)(F)F)c3)[C@@H]2C)CC(C)(C)CC1. The van der Waals surface area contributed by atoms with Gasteiger partial charge in [0.05, 0.1) is 30.2 Å². The van der Waals surface area contributed by atoms with Gasteiger partial charge in [0.15, 0.2) is 0 Å². The summed E-state index contributed by atoms with van der Waals surface area (Å²) in [5, 5.41) is 0. The highest BCUT2D eigenvalue weighted by Gasteiger charge is 2.44. The van der Waals surface area contributed by atoms with Crippen molar-refractivity contribution in [2.75, 3.05) is 25.6 Å². The highest BCUT2D eigenvalue weighted by molar-refractivity contribution is 6.02. The minimum absolute atomic E-state index is 0.0460. The quantitative estimate of drug-likeness (QED) is 0.284. The number of benzene rings is 2. The summed E-state index contributed by atoms with van der Waals surface area (Å²) in [5.41, 5.74) is -0.362. The van der Waals surface area contributed by atoms with Crippen LogP contribution < -0.4 is 9.64 Å². The Morgan fingerprint density at radius 2 is 1.64 bits per heavy atom. The van der Waals surface area contributed by atoms with E-state index in [4.69, 9.17) is 9.47 Å². The van der Waals surface area contributed by atoms with Crippen molar-refractivity contribution in [2.45, 2.75) is 78.4 Å². The van der Waals surface area contributed by atoms with Crippen molar-refractivity contribution in [3.63, 3.8) is 0 Å². The maximum absolute atomic E-state index is 13.6. The zero-order valence-electron chi connectivity index (χ0n) is 26.2. The molecule has 2 aromatic rings. The monoisotopic (exact) mass is 639 g/mol. The Balaban J connectivity index is 1.75. The van der Waals surface area contributed by atoms with E-state index in [0.717, 1.165) is 23.1 Å². The van der Waals surface area contributed by atoms with Gasteiger partial charge in [-0.05, 0) is 98.6 Å². The van der Waals surface area contributed by atoms with E-state index >= 15 is 0 Å². The standard InChI is InChI=1S/C33H37F6N2O4/c1-18(2)29(42)40(6)24-8-9-27(44-7)26(15-24)25-10-11-31(4,5)16-21(25)17-41-19(3)28(45-30(41)43)20-12-22(32(34,35)36)14-23(13-20)33(37,38)39/h8-9,12-15,19,28H,10-11,16-17H2,1-7H3/t19-,28-/m0/s1. The van der Waals surface area contributed by atoms with Gasteiger partial charge in [0.25, 0.3) is 0 Å². The molecule has 1 aliphatic carbocycles. The second-order valence-corrected chi connectivity index (χ2v) is 12.7. The molecule has 0 unspecified atom stereocenters. The summed E-state index contributed by atoms with van der Waals surface area (Å²) in [6.45, 7) is 9.20. The number of cyclic esters (lactones) is 1. The van der Waals surface area contributed by atoms with E-state index in [-0.39, 0.29) is 29.5 Å². The highest BCUT2D eigenvalue weighted by Crippen LogP contribution is 2.47. The third-order valence-corrected chi connectivity index (χ3v) is 8.49. The number of carbonyl (C=O) groups is 2. The van der Waals surface area contributed by atoms with Crippen LogP contribution in [0.15, 0.2) is 42.0 Å². The fourth-order valence-electron chi connectivity index (χ4n) is 5.99. The van der Waals surface area contributed by atoms with E-state index in [2.05, 4.69) is 13.8 Å². The van der Waals surface area contributed by atoms with Crippen molar-refractivity contribution >= 4 is 23.3 Å².